The zero-order valence-electron chi connectivity index (χ0n) is 17.0. The van der Waals surface area contributed by atoms with Gasteiger partial charge in [-0.15, -0.1) is 11.3 Å². The van der Waals surface area contributed by atoms with Crippen LogP contribution in [0.15, 0.2) is 77.1 Å². The van der Waals surface area contributed by atoms with Gasteiger partial charge in [0, 0.05) is 5.92 Å². The van der Waals surface area contributed by atoms with Crippen LogP contribution in [0.2, 0.25) is 0 Å². The van der Waals surface area contributed by atoms with Crippen molar-refractivity contribution in [3.8, 4) is 10.6 Å². The van der Waals surface area contributed by atoms with Crippen LogP contribution in [-0.2, 0) is 14.8 Å². The second-order valence-electron chi connectivity index (χ2n) is 7.82. The third-order valence-corrected chi connectivity index (χ3v) is 9.05. The lowest BCUT2D eigenvalue weighted by atomic mass is 10.1. The second-order valence-corrected chi connectivity index (χ2v) is 10.8. The highest BCUT2D eigenvalue weighted by Crippen LogP contribution is 2.58. The number of sulfonamides is 1. The molecule has 32 heavy (non-hydrogen) atoms. The number of carbonyl (C=O) groups is 1. The van der Waals surface area contributed by atoms with E-state index in [1.54, 1.807) is 19.2 Å². The van der Waals surface area contributed by atoms with Gasteiger partial charge in [0.25, 0.3) is 10.0 Å². The number of fused-ring (bicyclic) bond motifs is 1. The topological polar surface area (TPSA) is 109 Å². The van der Waals surface area contributed by atoms with Crippen molar-refractivity contribution in [2.75, 3.05) is 0 Å². The van der Waals surface area contributed by atoms with E-state index >= 15 is 0 Å². The van der Waals surface area contributed by atoms with E-state index in [4.69, 9.17) is 0 Å². The van der Waals surface area contributed by atoms with Crippen molar-refractivity contribution < 1.29 is 18.3 Å². The van der Waals surface area contributed by atoms with E-state index in [1.807, 2.05) is 54.6 Å². The lowest BCUT2D eigenvalue weighted by Crippen LogP contribution is -2.45. The zero-order chi connectivity index (χ0) is 22.5. The smallest absolute Gasteiger partial charge is 0.325 e. The zero-order valence-corrected chi connectivity index (χ0v) is 18.6. The van der Waals surface area contributed by atoms with Crippen molar-refractivity contribution >= 4 is 38.4 Å². The third-order valence-electron chi connectivity index (χ3n) is 5.96. The Morgan fingerprint density at radius 3 is 2.44 bits per heavy atom. The second kappa shape index (κ2) is 7.47. The first kappa shape index (κ1) is 20.7. The maximum Gasteiger partial charge on any atom is 0.325 e. The van der Waals surface area contributed by atoms with Gasteiger partial charge in [-0.1, -0.05) is 49.4 Å². The molecule has 0 radical (unpaired) electrons. The summed E-state index contributed by atoms with van der Waals surface area (Å²) in [5.74, 6) is -2.01. The summed E-state index contributed by atoms with van der Waals surface area (Å²) in [4.78, 5) is 21.8. The number of benzene rings is 2. The van der Waals surface area contributed by atoms with E-state index in [1.165, 1.54) is 6.07 Å². The summed E-state index contributed by atoms with van der Waals surface area (Å²) in [5, 5.41) is 9.96. The molecule has 2 N–H and O–H groups in total. The molecular formula is C23H19N3O4S2. The Morgan fingerprint density at radius 2 is 1.72 bits per heavy atom. The van der Waals surface area contributed by atoms with Gasteiger partial charge in [0.1, 0.15) is 9.75 Å². The van der Waals surface area contributed by atoms with Crippen molar-refractivity contribution in [3.63, 3.8) is 0 Å². The van der Waals surface area contributed by atoms with Crippen molar-refractivity contribution in [1.82, 2.24) is 14.7 Å². The monoisotopic (exact) mass is 465 g/mol. The summed E-state index contributed by atoms with van der Waals surface area (Å²) in [5.41, 5.74) is 1.24. The number of aliphatic carboxylic acids is 1. The largest absolute Gasteiger partial charge is 0.480 e. The summed E-state index contributed by atoms with van der Waals surface area (Å²) in [7, 11) is -4.06. The Bertz CT molecular complexity index is 1440. The van der Waals surface area contributed by atoms with Crippen LogP contribution in [0.5, 0.6) is 0 Å². The van der Waals surface area contributed by atoms with Gasteiger partial charge in [0.15, 0.2) is 0 Å². The molecule has 0 saturated heterocycles. The number of thiophene rings is 1. The van der Waals surface area contributed by atoms with Crippen LogP contribution in [-0.4, -0.2) is 35.0 Å². The van der Waals surface area contributed by atoms with E-state index < -0.39 is 27.4 Å². The number of hydrogen-bond donors (Lipinski definition) is 2. The fourth-order valence-electron chi connectivity index (χ4n) is 4.25. The summed E-state index contributed by atoms with van der Waals surface area (Å²) in [6, 6.07) is 19.7. The highest BCUT2D eigenvalue weighted by atomic mass is 32.2. The fraction of sp³-hybridized carbons (Fsp3) is 0.174. The van der Waals surface area contributed by atoms with E-state index in [0.29, 0.717) is 16.1 Å². The molecule has 1 saturated carbocycles. The van der Waals surface area contributed by atoms with E-state index in [-0.39, 0.29) is 10.1 Å². The number of carboxylic acids is 1. The number of nitrogens with zero attached hydrogens (tertiary/aromatic N) is 2. The molecule has 1 aliphatic rings. The van der Waals surface area contributed by atoms with E-state index in [2.05, 4.69) is 14.7 Å². The summed E-state index contributed by atoms with van der Waals surface area (Å²) < 4.78 is 28.9. The van der Waals surface area contributed by atoms with Crippen LogP contribution in [0.4, 0.5) is 0 Å². The Balaban J connectivity index is 1.46. The van der Waals surface area contributed by atoms with Crippen LogP contribution in [0.3, 0.4) is 0 Å². The minimum Gasteiger partial charge on any atom is -0.480 e. The predicted octanol–water partition coefficient (Wildman–Crippen LogP) is 3.89. The Labute approximate surface area is 188 Å². The number of nitrogens with one attached hydrogen (secondary N) is 1. The number of aromatic nitrogens is 2. The number of hydrogen-bond acceptors (Lipinski definition) is 6. The molecule has 0 amide bonds. The molecule has 3 atom stereocenters. The SMILES string of the molecule is CC1[C@H](c2ccccc2)[C@]1(NS(=O)(=O)c1ccc(-c2cnc3ccccc3n2)s1)C(=O)O. The van der Waals surface area contributed by atoms with Crippen LogP contribution in [0.1, 0.15) is 18.4 Å². The lowest BCUT2D eigenvalue weighted by molar-refractivity contribution is -0.140. The molecule has 2 aromatic heterocycles. The molecule has 2 heterocycles. The molecule has 4 aromatic rings. The highest BCUT2D eigenvalue weighted by molar-refractivity contribution is 7.91. The molecule has 1 fully saturated rings. The van der Waals surface area contributed by atoms with Gasteiger partial charge < -0.3 is 5.11 Å². The maximum atomic E-state index is 13.2. The van der Waals surface area contributed by atoms with Crippen molar-refractivity contribution in [2.45, 2.75) is 22.6 Å². The van der Waals surface area contributed by atoms with Gasteiger partial charge in [0.05, 0.1) is 27.8 Å². The molecule has 162 valence electrons. The van der Waals surface area contributed by atoms with E-state index in [0.717, 1.165) is 22.4 Å². The molecule has 2 aromatic carbocycles. The molecular weight excluding hydrogens is 446 g/mol. The summed E-state index contributed by atoms with van der Waals surface area (Å²) in [6.45, 7) is 1.75. The molecule has 1 aliphatic carbocycles. The van der Waals surface area contributed by atoms with E-state index in [9.17, 15) is 18.3 Å². The van der Waals surface area contributed by atoms with Gasteiger partial charge in [-0.05, 0) is 35.7 Å². The molecule has 0 bridgehead atoms. The first-order chi connectivity index (χ1) is 15.3. The van der Waals surface area contributed by atoms with Crippen LogP contribution in [0, 0.1) is 5.92 Å². The Hall–Kier alpha value is -3.14. The molecule has 0 aliphatic heterocycles. The van der Waals surface area contributed by atoms with Gasteiger partial charge in [-0.25, -0.2) is 13.4 Å². The van der Waals surface area contributed by atoms with Crippen LogP contribution >= 0.6 is 11.3 Å². The average Bonchev–Trinajstić information content (AvgIpc) is 3.14. The first-order valence-corrected chi connectivity index (χ1v) is 12.3. The number of rotatable bonds is 6. The van der Waals surface area contributed by atoms with Crippen LogP contribution < -0.4 is 4.72 Å². The molecule has 9 heteroatoms. The maximum absolute atomic E-state index is 13.2. The van der Waals surface area contributed by atoms with Gasteiger partial charge in [-0.2, -0.15) is 4.72 Å². The third kappa shape index (κ3) is 3.29. The van der Waals surface area contributed by atoms with Gasteiger partial charge >= 0.3 is 5.97 Å². The molecule has 7 nitrogen and oxygen atoms in total. The standard InChI is InChI=1S/C23H19N3O4S2/c1-14-21(15-7-3-2-4-8-15)23(14,22(27)28)26-32(29,30)20-12-11-19(31-20)18-13-24-16-9-5-6-10-17(16)25-18/h2-14,21,26H,1H3,(H,27,28)/t14?,21-,23+/m1/s1. The fourth-order valence-corrected chi connectivity index (χ4v) is 6.97. The molecule has 1 unspecified atom stereocenters. The van der Waals surface area contributed by atoms with Gasteiger partial charge in [0.2, 0.25) is 0 Å². The Kier molecular flexibility index (Phi) is 4.85. The minimum atomic E-state index is -4.06. The summed E-state index contributed by atoms with van der Waals surface area (Å²) in [6.07, 6.45) is 1.60. The normalized spacial score (nSPS) is 22.7. The van der Waals surface area contributed by atoms with Crippen molar-refractivity contribution in [3.05, 3.63) is 78.5 Å². The highest BCUT2D eigenvalue weighted by Gasteiger charge is 2.70. The summed E-state index contributed by atoms with van der Waals surface area (Å²) >= 11 is 1.03. The first-order valence-electron chi connectivity index (χ1n) is 9.97. The molecule has 0 spiro atoms. The van der Waals surface area contributed by atoms with Crippen molar-refractivity contribution in [1.29, 1.82) is 0 Å². The van der Waals surface area contributed by atoms with Crippen LogP contribution in [0.25, 0.3) is 21.6 Å². The quantitative estimate of drug-likeness (QED) is 0.447. The molecule has 5 rings (SSSR count). The van der Waals surface area contributed by atoms with Gasteiger partial charge in [-0.3, -0.25) is 9.78 Å². The lowest BCUT2D eigenvalue weighted by Gasteiger charge is -2.15. The van der Waals surface area contributed by atoms with Crippen molar-refractivity contribution in [2.24, 2.45) is 5.92 Å². The predicted molar refractivity (Wildman–Crippen MR) is 122 cm³/mol. The average molecular weight is 466 g/mol. The minimum absolute atomic E-state index is 0.0361. The number of para-hydroxylation sites is 2. The number of carboxylic acid groups (broad SMARTS) is 1. The Morgan fingerprint density at radius 1 is 1.03 bits per heavy atom.